The van der Waals surface area contributed by atoms with Crippen molar-refractivity contribution < 1.29 is 4.79 Å². The van der Waals surface area contributed by atoms with E-state index in [-0.39, 0.29) is 12.1 Å². The fourth-order valence-electron chi connectivity index (χ4n) is 2.55. The van der Waals surface area contributed by atoms with Crippen LogP contribution in [-0.2, 0) is 0 Å². The van der Waals surface area contributed by atoms with Gasteiger partial charge in [0.1, 0.15) is 0 Å². The van der Waals surface area contributed by atoms with Crippen LogP contribution in [0.25, 0.3) is 0 Å². The summed E-state index contributed by atoms with van der Waals surface area (Å²) in [6.45, 7) is 0.631. The third-order valence-electron chi connectivity index (χ3n) is 3.63. The largest absolute Gasteiger partial charge is 0.335 e. The number of rotatable bonds is 3. The number of hydrogen-bond donors (Lipinski definition) is 3. The van der Waals surface area contributed by atoms with Crippen LogP contribution in [0.2, 0.25) is 5.02 Å². The molecule has 19 heavy (non-hydrogen) atoms. The lowest BCUT2D eigenvalue weighted by atomic mass is 9.84. The van der Waals surface area contributed by atoms with Gasteiger partial charge in [-0.25, -0.2) is 4.79 Å². The third-order valence-corrected chi connectivity index (χ3v) is 3.88. The highest BCUT2D eigenvalue weighted by Gasteiger charge is 2.25. The normalized spacial score (nSPS) is 22.8. The first-order valence-corrected chi connectivity index (χ1v) is 7.10. The molecule has 0 aromatic heterocycles. The molecule has 1 aromatic carbocycles. The average molecular weight is 282 g/mol. The summed E-state index contributed by atoms with van der Waals surface area (Å²) in [4.78, 5) is 11.9. The Labute approximate surface area is 118 Å². The molecule has 104 valence electrons. The van der Waals surface area contributed by atoms with Gasteiger partial charge in [-0.3, -0.25) is 0 Å². The molecule has 1 aromatic rings. The summed E-state index contributed by atoms with van der Waals surface area (Å²) in [6, 6.07) is 7.08. The lowest BCUT2D eigenvalue weighted by molar-refractivity contribution is 0.229. The molecule has 1 aliphatic carbocycles. The molecular formula is C14H20ClN3O. The van der Waals surface area contributed by atoms with E-state index >= 15 is 0 Å². The van der Waals surface area contributed by atoms with Crippen LogP contribution in [0.3, 0.4) is 0 Å². The summed E-state index contributed by atoms with van der Waals surface area (Å²) in [5.41, 5.74) is 6.49. The quantitative estimate of drug-likeness (QED) is 0.797. The van der Waals surface area contributed by atoms with Crippen molar-refractivity contribution >= 4 is 23.3 Å². The van der Waals surface area contributed by atoms with Gasteiger partial charge in [0.05, 0.1) is 0 Å². The number of urea groups is 1. The second-order valence-electron chi connectivity index (χ2n) is 4.99. The van der Waals surface area contributed by atoms with Gasteiger partial charge in [0.2, 0.25) is 0 Å². The monoisotopic (exact) mass is 281 g/mol. The molecule has 0 bridgehead atoms. The number of nitrogens with one attached hydrogen (secondary N) is 2. The van der Waals surface area contributed by atoms with Gasteiger partial charge in [-0.05, 0) is 49.6 Å². The van der Waals surface area contributed by atoms with Gasteiger partial charge in [-0.1, -0.05) is 24.4 Å². The Hall–Kier alpha value is -1.26. The van der Waals surface area contributed by atoms with E-state index in [9.17, 15) is 4.79 Å². The number of halogens is 1. The average Bonchev–Trinajstić information content (AvgIpc) is 2.42. The second-order valence-corrected chi connectivity index (χ2v) is 5.43. The standard InChI is InChI=1S/C14H20ClN3O/c15-11-5-7-12(8-6-11)17-14(19)18-13-4-2-1-3-10(13)9-16/h5-8,10,13H,1-4,9,16H2,(H2,17,18,19). The molecule has 1 aliphatic rings. The Kier molecular flexibility index (Phi) is 5.05. The van der Waals surface area contributed by atoms with Crippen molar-refractivity contribution in [3.8, 4) is 0 Å². The molecule has 4 N–H and O–H groups in total. The van der Waals surface area contributed by atoms with E-state index in [1.165, 1.54) is 6.42 Å². The molecule has 2 unspecified atom stereocenters. The number of nitrogens with two attached hydrogens (primary N) is 1. The van der Waals surface area contributed by atoms with Gasteiger partial charge in [0.15, 0.2) is 0 Å². The van der Waals surface area contributed by atoms with Gasteiger partial charge in [0, 0.05) is 16.8 Å². The summed E-state index contributed by atoms with van der Waals surface area (Å²) in [6.07, 6.45) is 4.47. The molecule has 4 nitrogen and oxygen atoms in total. The van der Waals surface area contributed by atoms with Crippen LogP contribution in [0.4, 0.5) is 10.5 Å². The van der Waals surface area contributed by atoms with Crippen LogP contribution in [0.5, 0.6) is 0 Å². The van der Waals surface area contributed by atoms with Crippen LogP contribution in [-0.4, -0.2) is 18.6 Å². The van der Waals surface area contributed by atoms with E-state index < -0.39 is 0 Å². The molecule has 0 radical (unpaired) electrons. The predicted molar refractivity (Wildman–Crippen MR) is 78.4 cm³/mol. The van der Waals surface area contributed by atoms with E-state index in [2.05, 4.69) is 10.6 Å². The van der Waals surface area contributed by atoms with Crippen molar-refractivity contribution in [1.82, 2.24) is 5.32 Å². The highest BCUT2D eigenvalue weighted by atomic mass is 35.5. The number of benzene rings is 1. The zero-order valence-corrected chi connectivity index (χ0v) is 11.6. The zero-order valence-electron chi connectivity index (χ0n) is 10.9. The minimum atomic E-state index is -0.173. The Balaban J connectivity index is 1.88. The molecule has 5 heteroatoms. The summed E-state index contributed by atoms with van der Waals surface area (Å²) in [7, 11) is 0. The van der Waals surface area contributed by atoms with Gasteiger partial charge in [-0.15, -0.1) is 0 Å². The van der Waals surface area contributed by atoms with Crippen molar-refractivity contribution in [2.75, 3.05) is 11.9 Å². The van der Waals surface area contributed by atoms with Crippen molar-refractivity contribution in [3.05, 3.63) is 29.3 Å². The first-order chi connectivity index (χ1) is 9.19. The van der Waals surface area contributed by atoms with Crippen molar-refractivity contribution in [1.29, 1.82) is 0 Å². The van der Waals surface area contributed by atoms with Crippen LogP contribution >= 0.6 is 11.6 Å². The van der Waals surface area contributed by atoms with Gasteiger partial charge in [-0.2, -0.15) is 0 Å². The molecule has 2 amide bonds. The number of amides is 2. The highest BCUT2D eigenvalue weighted by molar-refractivity contribution is 6.30. The Morgan fingerprint density at radius 2 is 1.95 bits per heavy atom. The van der Waals surface area contributed by atoms with Crippen LogP contribution in [0, 0.1) is 5.92 Å². The fraction of sp³-hybridized carbons (Fsp3) is 0.500. The molecule has 0 saturated heterocycles. The third kappa shape index (κ3) is 4.11. The van der Waals surface area contributed by atoms with E-state index in [0.29, 0.717) is 17.5 Å². The molecule has 2 rings (SSSR count). The molecule has 0 heterocycles. The minimum absolute atomic E-state index is 0.173. The molecule has 0 aliphatic heterocycles. The van der Waals surface area contributed by atoms with Crippen molar-refractivity contribution in [2.45, 2.75) is 31.7 Å². The summed E-state index contributed by atoms with van der Waals surface area (Å²) < 4.78 is 0. The van der Waals surface area contributed by atoms with Crippen molar-refractivity contribution in [3.63, 3.8) is 0 Å². The minimum Gasteiger partial charge on any atom is -0.335 e. The topological polar surface area (TPSA) is 67.1 Å². The smallest absolute Gasteiger partial charge is 0.319 e. The first-order valence-electron chi connectivity index (χ1n) is 6.72. The molecular weight excluding hydrogens is 262 g/mol. The van der Waals surface area contributed by atoms with E-state index in [1.807, 2.05) is 0 Å². The van der Waals surface area contributed by atoms with Crippen molar-refractivity contribution in [2.24, 2.45) is 11.7 Å². The van der Waals surface area contributed by atoms with Crippen LogP contribution < -0.4 is 16.4 Å². The van der Waals surface area contributed by atoms with Gasteiger partial charge >= 0.3 is 6.03 Å². The Morgan fingerprint density at radius 3 is 2.63 bits per heavy atom. The predicted octanol–water partition coefficient (Wildman–Crippen LogP) is 2.98. The fourth-order valence-corrected chi connectivity index (χ4v) is 2.67. The maximum absolute atomic E-state index is 11.9. The highest BCUT2D eigenvalue weighted by Crippen LogP contribution is 2.23. The maximum atomic E-state index is 11.9. The summed E-state index contributed by atoms with van der Waals surface area (Å²) in [5.74, 6) is 0.393. The van der Waals surface area contributed by atoms with Crippen LogP contribution in [0.15, 0.2) is 24.3 Å². The molecule has 1 saturated carbocycles. The number of carbonyl (C=O) groups is 1. The van der Waals surface area contributed by atoms with E-state index in [4.69, 9.17) is 17.3 Å². The lowest BCUT2D eigenvalue weighted by Gasteiger charge is -2.31. The first kappa shape index (κ1) is 14.2. The number of carbonyl (C=O) groups excluding carboxylic acids is 1. The second kappa shape index (κ2) is 6.78. The van der Waals surface area contributed by atoms with Gasteiger partial charge < -0.3 is 16.4 Å². The van der Waals surface area contributed by atoms with E-state index in [0.717, 1.165) is 24.9 Å². The SMILES string of the molecule is NCC1CCCCC1NC(=O)Nc1ccc(Cl)cc1. The molecule has 0 spiro atoms. The Bertz CT molecular complexity index is 421. The van der Waals surface area contributed by atoms with Crippen LogP contribution in [0.1, 0.15) is 25.7 Å². The number of anilines is 1. The van der Waals surface area contributed by atoms with Gasteiger partial charge in [0.25, 0.3) is 0 Å². The Morgan fingerprint density at radius 1 is 1.26 bits per heavy atom. The molecule has 2 atom stereocenters. The lowest BCUT2D eigenvalue weighted by Crippen LogP contribution is -2.46. The zero-order chi connectivity index (χ0) is 13.7. The summed E-state index contributed by atoms with van der Waals surface area (Å²) >= 11 is 5.80. The molecule has 1 fully saturated rings. The summed E-state index contributed by atoms with van der Waals surface area (Å²) in [5, 5.41) is 6.49. The van der Waals surface area contributed by atoms with E-state index in [1.54, 1.807) is 24.3 Å². The number of hydrogen-bond acceptors (Lipinski definition) is 2. The maximum Gasteiger partial charge on any atom is 0.319 e.